The zero-order valence-electron chi connectivity index (χ0n) is 11.8. The first-order valence-corrected chi connectivity index (χ1v) is 7.89. The van der Waals surface area contributed by atoms with Crippen molar-refractivity contribution in [3.05, 3.63) is 64.7 Å². The van der Waals surface area contributed by atoms with Gasteiger partial charge in [-0.05, 0) is 35.9 Å². The molecule has 1 N–H and O–H groups in total. The van der Waals surface area contributed by atoms with Gasteiger partial charge in [0.2, 0.25) is 0 Å². The minimum atomic E-state index is -0.485. The molecule has 4 nitrogen and oxygen atoms in total. The number of thiazole rings is 1. The first-order valence-electron chi connectivity index (χ1n) is 6.70. The van der Waals surface area contributed by atoms with Gasteiger partial charge >= 0.3 is 0 Å². The topological polar surface area (TPSA) is 65.8 Å². The third-order valence-corrected chi connectivity index (χ3v) is 4.26. The van der Waals surface area contributed by atoms with Crippen LogP contribution in [-0.2, 0) is 4.79 Å². The SMILES string of the molecule is N#CC(=Cc1ccc(Cl)cc1)C(=O)Nc1nc2ccccc2s1. The van der Waals surface area contributed by atoms with Crippen LogP contribution in [0.1, 0.15) is 5.56 Å². The summed E-state index contributed by atoms with van der Waals surface area (Å²) in [6, 6.07) is 16.4. The highest BCUT2D eigenvalue weighted by molar-refractivity contribution is 7.22. The molecule has 0 radical (unpaired) electrons. The molecule has 0 aliphatic heterocycles. The van der Waals surface area contributed by atoms with E-state index in [1.54, 1.807) is 24.3 Å². The number of nitrogens with one attached hydrogen (secondary N) is 1. The lowest BCUT2D eigenvalue weighted by molar-refractivity contribution is -0.112. The normalized spacial score (nSPS) is 11.2. The largest absolute Gasteiger partial charge is 0.297 e. The van der Waals surface area contributed by atoms with E-state index in [1.165, 1.54) is 17.4 Å². The van der Waals surface area contributed by atoms with Crippen molar-refractivity contribution in [2.75, 3.05) is 5.32 Å². The fourth-order valence-electron chi connectivity index (χ4n) is 1.96. The Morgan fingerprint density at radius 1 is 1.22 bits per heavy atom. The monoisotopic (exact) mass is 339 g/mol. The van der Waals surface area contributed by atoms with E-state index in [0.29, 0.717) is 10.2 Å². The summed E-state index contributed by atoms with van der Waals surface area (Å²) in [6.07, 6.45) is 1.51. The van der Waals surface area contributed by atoms with E-state index >= 15 is 0 Å². The number of carbonyl (C=O) groups excluding carboxylic acids is 1. The van der Waals surface area contributed by atoms with E-state index in [-0.39, 0.29) is 5.57 Å². The van der Waals surface area contributed by atoms with Crippen molar-refractivity contribution in [2.45, 2.75) is 0 Å². The highest BCUT2D eigenvalue weighted by Crippen LogP contribution is 2.25. The van der Waals surface area contributed by atoms with Crippen LogP contribution in [0.4, 0.5) is 5.13 Å². The second kappa shape index (κ2) is 6.61. The van der Waals surface area contributed by atoms with Gasteiger partial charge in [0.15, 0.2) is 5.13 Å². The smallest absolute Gasteiger partial charge is 0.268 e. The maximum Gasteiger partial charge on any atom is 0.268 e. The van der Waals surface area contributed by atoms with Crippen molar-refractivity contribution in [2.24, 2.45) is 0 Å². The number of amides is 1. The van der Waals surface area contributed by atoms with Gasteiger partial charge in [-0.2, -0.15) is 5.26 Å². The fraction of sp³-hybridized carbons (Fsp3) is 0. The molecule has 3 rings (SSSR count). The molecule has 1 heterocycles. The molecule has 0 spiro atoms. The number of halogens is 1. The van der Waals surface area contributed by atoms with E-state index in [1.807, 2.05) is 30.3 Å². The van der Waals surface area contributed by atoms with Crippen LogP contribution in [-0.4, -0.2) is 10.9 Å². The molecule has 6 heteroatoms. The maximum atomic E-state index is 12.2. The van der Waals surface area contributed by atoms with Crippen LogP contribution in [0.25, 0.3) is 16.3 Å². The Labute approximate surface area is 141 Å². The number of carbonyl (C=O) groups is 1. The number of aromatic nitrogens is 1. The average molecular weight is 340 g/mol. The number of nitriles is 1. The number of benzene rings is 2. The summed E-state index contributed by atoms with van der Waals surface area (Å²) in [7, 11) is 0. The molecule has 0 saturated heterocycles. The predicted molar refractivity (Wildman–Crippen MR) is 93.3 cm³/mol. The molecule has 0 bridgehead atoms. The minimum absolute atomic E-state index is 0.00609. The molecule has 1 aromatic heterocycles. The average Bonchev–Trinajstić information content (AvgIpc) is 2.96. The molecular formula is C17H10ClN3OS. The van der Waals surface area contributed by atoms with Gasteiger partial charge in [0, 0.05) is 5.02 Å². The number of nitrogens with zero attached hydrogens (tertiary/aromatic N) is 2. The van der Waals surface area contributed by atoms with Crippen molar-refractivity contribution in [3.63, 3.8) is 0 Å². The summed E-state index contributed by atoms with van der Waals surface area (Å²) >= 11 is 7.18. The molecule has 0 fully saturated rings. The van der Waals surface area contributed by atoms with Crippen LogP contribution in [0, 0.1) is 11.3 Å². The summed E-state index contributed by atoms with van der Waals surface area (Å²) in [6.45, 7) is 0. The summed E-state index contributed by atoms with van der Waals surface area (Å²) in [4.78, 5) is 16.6. The Morgan fingerprint density at radius 3 is 2.65 bits per heavy atom. The Kier molecular flexibility index (Phi) is 4.38. The molecule has 0 unspecified atom stereocenters. The Balaban J connectivity index is 1.82. The van der Waals surface area contributed by atoms with Gasteiger partial charge in [-0.25, -0.2) is 4.98 Å². The summed E-state index contributed by atoms with van der Waals surface area (Å²) in [5.74, 6) is -0.485. The molecule has 3 aromatic rings. The molecule has 0 atom stereocenters. The third-order valence-electron chi connectivity index (χ3n) is 3.06. The number of hydrogen-bond donors (Lipinski definition) is 1. The Morgan fingerprint density at radius 2 is 1.96 bits per heavy atom. The molecular weight excluding hydrogens is 330 g/mol. The number of rotatable bonds is 3. The van der Waals surface area contributed by atoms with Crippen molar-refractivity contribution in [1.82, 2.24) is 4.98 Å². The quantitative estimate of drug-likeness (QED) is 0.564. The van der Waals surface area contributed by atoms with Crippen LogP contribution in [0.2, 0.25) is 5.02 Å². The Bertz CT molecular complexity index is 905. The van der Waals surface area contributed by atoms with Gasteiger partial charge in [0.05, 0.1) is 10.2 Å². The van der Waals surface area contributed by atoms with Crippen LogP contribution < -0.4 is 5.32 Å². The van der Waals surface area contributed by atoms with Crippen LogP contribution in [0.3, 0.4) is 0 Å². The second-order valence-electron chi connectivity index (χ2n) is 4.66. The van der Waals surface area contributed by atoms with Gasteiger partial charge < -0.3 is 0 Å². The van der Waals surface area contributed by atoms with Crippen molar-refractivity contribution in [3.8, 4) is 6.07 Å². The van der Waals surface area contributed by atoms with Crippen LogP contribution in [0.15, 0.2) is 54.1 Å². The number of fused-ring (bicyclic) bond motifs is 1. The fourth-order valence-corrected chi connectivity index (χ4v) is 2.95. The highest BCUT2D eigenvalue weighted by Gasteiger charge is 2.12. The number of anilines is 1. The first-order chi connectivity index (χ1) is 11.2. The number of hydrogen-bond acceptors (Lipinski definition) is 4. The van der Waals surface area contributed by atoms with Gasteiger partial charge in [-0.15, -0.1) is 0 Å². The lowest BCUT2D eigenvalue weighted by Crippen LogP contribution is -2.13. The lowest BCUT2D eigenvalue weighted by atomic mass is 10.1. The van der Waals surface area contributed by atoms with Gasteiger partial charge in [0.1, 0.15) is 11.6 Å². The van der Waals surface area contributed by atoms with Crippen LogP contribution in [0.5, 0.6) is 0 Å². The summed E-state index contributed by atoms with van der Waals surface area (Å²) < 4.78 is 0.975. The molecule has 23 heavy (non-hydrogen) atoms. The first kappa shape index (κ1) is 15.2. The van der Waals surface area contributed by atoms with E-state index < -0.39 is 5.91 Å². The van der Waals surface area contributed by atoms with E-state index in [2.05, 4.69) is 10.3 Å². The molecule has 0 saturated carbocycles. The zero-order chi connectivity index (χ0) is 16.2. The Hall–Kier alpha value is -2.68. The highest BCUT2D eigenvalue weighted by atomic mass is 35.5. The standard InChI is InChI=1S/C17H10ClN3OS/c18-13-7-5-11(6-8-13)9-12(10-19)16(22)21-17-20-14-3-1-2-4-15(14)23-17/h1-9H,(H,20,21,22). The van der Waals surface area contributed by atoms with Crippen LogP contribution >= 0.6 is 22.9 Å². The third kappa shape index (κ3) is 3.57. The van der Waals surface area contributed by atoms with Crippen molar-refractivity contribution >= 4 is 50.3 Å². The lowest BCUT2D eigenvalue weighted by Gasteiger charge is -2.00. The molecule has 0 aliphatic carbocycles. The van der Waals surface area contributed by atoms with Crippen molar-refractivity contribution < 1.29 is 4.79 Å². The molecule has 0 aliphatic rings. The molecule has 2 aromatic carbocycles. The molecule has 1 amide bonds. The summed E-state index contributed by atoms with van der Waals surface area (Å²) in [5, 5.41) is 12.9. The van der Waals surface area contributed by atoms with E-state index in [4.69, 9.17) is 11.6 Å². The zero-order valence-corrected chi connectivity index (χ0v) is 13.4. The maximum absolute atomic E-state index is 12.2. The minimum Gasteiger partial charge on any atom is -0.297 e. The van der Waals surface area contributed by atoms with Gasteiger partial charge in [-0.1, -0.05) is 47.2 Å². The van der Waals surface area contributed by atoms with E-state index in [0.717, 1.165) is 15.8 Å². The number of para-hydroxylation sites is 1. The van der Waals surface area contributed by atoms with Gasteiger partial charge in [-0.3, -0.25) is 10.1 Å². The predicted octanol–water partition coefficient (Wildman–Crippen LogP) is 4.50. The summed E-state index contributed by atoms with van der Waals surface area (Å²) in [5.41, 5.74) is 1.55. The molecule has 112 valence electrons. The van der Waals surface area contributed by atoms with E-state index in [9.17, 15) is 10.1 Å². The van der Waals surface area contributed by atoms with Crippen molar-refractivity contribution in [1.29, 1.82) is 5.26 Å². The van der Waals surface area contributed by atoms with Gasteiger partial charge in [0.25, 0.3) is 5.91 Å². The second-order valence-corrected chi connectivity index (χ2v) is 6.13.